The van der Waals surface area contributed by atoms with E-state index in [9.17, 15) is 4.79 Å². The zero-order valence-corrected chi connectivity index (χ0v) is 11.5. The van der Waals surface area contributed by atoms with E-state index in [-0.39, 0.29) is 5.78 Å². The second-order valence-electron chi connectivity index (χ2n) is 4.46. The van der Waals surface area contributed by atoms with Crippen LogP contribution in [0.15, 0.2) is 54.6 Å². The SMILES string of the molecule is N=[N+]=CC(=O)c1ccccc1C#CCCc1ccccc1. The Morgan fingerprint density at radius 1 is 1.10 bits per heavy atom. The van der Waals surface area contributed by atoms with Gasteiger partial charge in [0.1, 0.15) is 0 Å². The van der Waals surface area contributed by atoms with Crippen molar-refractivity contribution in [1.82, 2.24) is 0 Å². The minimum absolute atomic E-state index is 0.294. The Morgan fingerprint density at radius 3 is 2.57 bits per heavy atom. The van der Waals surface area contributed by atoms with Gasteiger partial charge in [0.05, 0.1) is 10.3 Å². The zero-order valence-electron chi connectivity index (χ0n) is 11.5. The monoisotopic (exact) mass is 275 g/mol. The van der Waals surface area contributed by atoms with Crippen LogP contribution in [0, 0.1) is 17.4 Å². The second kappa shape index (κ2) is 7.59. The van der Waals surface area contributed by atoms with E-state index in [1.807, 2.05) is 24.3 Å². The van der Waals surface area contributed by atoms with Crippen LogP contribution in [-0.2, 0) is 6.42 Å². The molecule has 0 spiro atoms. The Kier molecular flexibility index (Phi) is 5.23. The van der Waals surface area contributed by atoms with Crippen molar-refractivity contribution in [3.8, 4) is 11.8 Å². The fraction of sp³-hybridized carbons (Fsp3) is 0.111. The number of benzene rings is 2. The molecule has 2 aromatic carbocycles. The maximum Gasteiger partial charge on any atom is 0.377 e. The number of nitrogens with zero attached hydrogens (tertiary/aromatic N) is 1. The first-order chi connectivity index (χ1) is 10.3. The summed E-state index contributed by atoms with van der Waals surface area (Å²) in [6.45, 7) is 0. The molecule has 0 saturated heterocycles. The molecule has 0 unspecified atom stereocenters. The Labute approximate surface area is 123 Å². The van der Waals surface area contributed by atoms with Gasteiger partial charge in [-0.1, -0.05) is 54.3 Å². The van der Waals surface area contributed by atoms with Crippen molar-refractivity contribution in [1.29, 1.82) is 5.53 Å². The quantitative estimate of drug-likeness (QED) is 0.301. The summed E-state index contributed by atoms with van der Waals surface area (Å²) in [5.41, 5.74) is 9.14. The lowest BCUT2D eigenvalue weighted by atomic mass is 10.0. The van der Waals surface area contributed by atoms with Gasteiger partial charge in [-0.15, -0.1) is 0 Å². The molecule has 0 amide bonds. The van der Waals surface area contributed by atoms with Crippen LogP contribution in [0.25, 0.3) is 0 Å². The molecule has 0 heterocycles. The maximum absolute atomic E-state index is 11.8. The molecule has 0 atom stereocenters. The molecule has 2 aromatic rings. The third kappa shape index (κ3) is 4.28. The molecule has 0 radical (unpaired) electrons. The Bertz CT molecular complexity index is 733. The molecule has 1 N–H and O–H groups in total. The third-order valence-electron chi connectivity index (χ3n) is 2.98. The van der Waals surface area contributed by atoms with Crippen LogP contribution >= 0.6 is 0 Å². The average Bonchev–Trinajstić information content (AvgIpc) is 2.53. The Balaban J connectivity index is 2.08. The van der Waals surface area contributed by atoms with Crippen molar-refractivity contribution in [3.63, 3.8) is 0 Å². The fourth-order valence-corrected chi connectivity index (χ4v) is 1.94. The molecule has 3 nitrogen and oxygen atoms in total. The van der Waals surface area contributed by atoms with Crippen molar-refractivity contribution in [3.05, 3.63) is 71.3 Å². The van der Waals surface area contributed by atoms with Crippen molar-refractivity contribution in [2.24, 2.45) is 0 Å². The second-order valence-corrected chi connectivity index (χ2v) is 4.46. The number of ketones is 1. The molecule has 3 heteroatoms. The van der Waals surface area contributed by atoms with E-state index in [1.54, 1.807) is 18.2 Å². The van der Waals surface area contributed by atoms with Crippen LogP contribution in [0.2, 0.25) is 0 Å². The van der Waals surface area contributed by atoms with Crippen molar-refractivity contribution >= 4 is 12.0 Å². The van der Waals surface area contributed by atoms with Crippen LogP contribution in [-0.4, -0.2) is 16.8 Å². The molecule has 21 heavy (non-hydrogen) atoms. The molecule has 0 aliphatic carbocycles. The summed E-state index contributed by atoms with van der Waals surface area (Å²) in [6.07, 6.45) is 2.61. The number of carbonyl (C=O) groups excluding carboxylic acids is 1. The van der Waals surface area contributed by atoms with E-state index in [0.29, 0.717) is 11.1 Å². The van der Waals surface area contributed by atoms with E-state index in [1.165, 1.54) is 5.56 Å². The predicted molar refractivity (Wildman–Crippen MR) is 81.5 cm³/mol. The van der Waals surface area contributed by atoms with Gasteiger partial charge in [0.2, 0.25) is 0 Å². The molecule has 0 aliphatic rings. The summed E-state index contributed by atoms with van der Waals surface area (Å²) >= 11 is 0. The average molecular weight is 275 g/mol. The molecule has 0 bridgehead atoms. The highest BCUT2D eigenvalue weighted by molar-refractivity contribution is 6.34. The molecule has 102 valence electrons. The van der Waals surface area contributed by atoms with Crippen molar-refractivity contribution in [2.45, 2.75) is 12.8 Å². The van der Waals surface area contributed by atoms with Crippen LogP contribution in [0.4, 0.5) is 0 Å². The normalized spacial score (nSPS) is 9.14. The van der Waals surface area contributed by atoms with Crippen LogP contribution in [0.5, 0.6) is 0 Å². The summed E-state index contributed by atoms with van der Waals surface area (Å²) in [6, 6.07) is 17.3. The molecule has 2 rings (SSSR count). The van der Waals surface area contributed by atoms with Gasteiger partial charge >= 0.3 is 6.21 Å². The standard InChI is InChI=1S/C18H15N2O/c19-20-14-18(21)17-13-7-6-12-16(17)11-5-4-10-15-8-2-1-3-9-15/h1-3,6-9,12-14,19H,4,10H2/q+1. The van der Waals surface area contributed by atoms with Gasteiger partial charge in [0.15, 0.2) is 0 Å². The number of Topliss-reactive ketones (excluding diaryl/α,β-unsaturated/α-hetero) is 1. The number of rotatable bonds is 4. The Morgan fingerprint density at radius 2 is 1.81 bits per heavy atom. The molecular weight excluding hydrogens is 260 g/mol. The van der Waals surface area contributed by atoms with Gasteiger partial charge in [-0.05, 0) is 24.1 Å². The van der Waals surface area contributed by atoms with Gasteiger partial charge in [0.25, 0.3) is 5.78 Å². The topological polar surface area (TPSA) is 55.0 Å². The number of aryl methyl sites for hydroxylation is 1. The summed E-state index contributed by atoms with van der Waals surface area (Å²) in [7, 11) is 0. The van der Waals surface area contributed by atoms with Gasteiger partial charge in [-0.25, -0.2) is 0 Å². The van der Waals surface area contributed by atoms with E-state index >= 15 is 0 Å². The van der Waals surface area contributed by atoms with Crippen LogP contribution < -0.4 is 0 Å². The lowest BCUT2D eigenvalue weighted by molar-refractivity contribution is -0.111. The van der Waals surface area contributed by atoms with Gasteiger partial charge in [-0.3, -0.25) is 4.79 Å². The van der Waals surface area contributed by atoms with E-state index in [0.717, 1.165) is 19.1 Å². The highest BCUT2D eigenvalue weighted by atomic mass is 16.1. The first-order valence-corrected chi connectivity index (χ1v) is 6.67. The predicted octanol–water partition coefficient (Wildman–Crippen LogP) is 3.16. The summed E-state index contributed by atoms with van der Waals surface area (Å²) in [4.78, 5) is 14.8. The number of hydrogen-bond acceptors (Lipinski definition) is 2. The first-order valence-electron chi connectivity index (χ1n) is 6.67. The van der Waals surface area contributed by atoms with Gasteiger partial charge in [0, 0.05) is 17.5 Å². The van der Waals surface area contributed by atoms with Crippen molar-refractivity contribution < 1.29 is 9.58 Å². The number of carbonyl (C=O) groups is 1. The van der Waals surface area contributed by atoms with E-state index < -0.39 is 0 Å². The lowest BCUT2D eigenvalue weighted by Crippen LogP contribution is -2.03. The summed E-state index contributed by atoms with van der Waals surface area (Å²) in [5.74, 6) is 5.83. The fourth-order valence-electron chi connectivity index (χ4n) is 1.94. The molecule has 0 aromatic heterocycles. The highest BCUT2D eigenvalue weighted by Crippen LogP contribution is 2.08. The minimum Gasteiger partial charge on any atom is -0.281 e. The molecule has 0 saturated carbocycles. The minimum atomic E-state index is -0.294. The maximum atomic E-state index is 11.8. The molecular formula is C18H15N2O+. The summed E-state index contributed by atoms with van der Waals surface area (Å²) in [5, 5.41) is 0. The van der Waals surface area contributed by atoms with E-state index in [4.69, 9.17) is 5.53 Å². The van der Waals surface area contributed by atoms with Gasteiger partial charge < -0.3 is 0 Å². The largest absolute Gasteiger partial charge is 0.377 e. The van der Waals surface area contributed by atoms with Gasteiger partial charge in [-0.2, -0.15) is 0 Å². The lowest BCUT2D eigenvalue weighted by Gasteiger charge is -1.97. The smallest absolute Gasteiger partial charge is 0.281 e. The molecule has 0 fully saturated rings. The summed E-state index contributed by atoms with van der Waals surface area (Å²) < 4.78 is 0. The van der Waals surface area contributed by atoms with Crippen LogP contribution in [0.3, 0.4) is 0 Å². The number of hydrogen-bond donors (Lipinski definition) is 1. The highest BCUT2D eigenvalue weighted by Gasteiger charge is 2.11. The third-order valence-corrected chi connectivity index (χ3v) is 2.98. The van der Waals surface area contributed by atoms with Crippen LogP contribution in [0.1, 0.15) is 27.9 Å². The van der Waals surface area contributed by atoms with Crippen molar-refractivity contribution in [2.75, 3.05) is 0 Å². The number of nitrogens with one attached hydrogen (secondary N) is 1. The molecule has 0 aliphatic heterocycles. The van der Waals surface area contributed by atoms with E-state index in [2.05, 4.69) is 28.8 Å². The zero-order chi connectivity index (χ0) is 14.9. The Hall–Kier alpha value is -2.95. The first kappa shape index (κ1) is 14.5.